The van der Waals surface area contributed by atoms with Crippen LogP contribution in [0, 0.1) is 11.6 Å². The molecule has 0 aliphatic carbocycles. The fraction of sp³-hybridized carbons (Fsp3) is 0.258. The van der Waals surface area contributed by atoms with E-state index in [1.165, 1.54) is 17.4 Å². The number of methoxy groups -OCH3 is 1. The van der Waals surface area contributed by atoms with Crippen LogP contribution in [-0.4, -0.2) is 51.4 Å². The molecule has 0 amide bonds. The van der Waals surface area contributed by atoms with Crippen LogP contribution in [0.3, 0.4) is 0 Å². The van der Waals surface area contributed by atoms with Crippen molar-refractivity contribution in [2.45, 2.75) is 19.5 Å². The second kappa shape index (κ2) is 10.6. The maximum atomic E-state index is 15.9. The van der Waals surface area contributed by atoms with Crippen molar-refractivity contribution in [2.75, 3.05) is 26.9 Å². The third-order valence-corrected chi connectivity index (χ3v) is 8.64. The molecule has 1 aliphatic rings. The summed E-state index contributed by atoms with van der Waals surface area (Å²) in [6, 6.07) is 12.3. The van der Waals surface area contributed by atoms with Gasteiger partial charge in [0.05, 0.1) is 46.5 Å². The Hall–Kier alpha value is -4.19. The predicted molar refractivity (Wildman–Crippen MR) is 160 cm³/mol. The number of fused-ring (bicyclic) bond motifs is 3. The highest BCUT2D eigenvalue weighted by Crippen LogP contribution is 2.47. The third-order valence-electron chi connectivity index (χ3n) is 7.72. The van der Waals surface area contributed by atoms with Crippen molar-refractivity contribution in [1.82, 2.24) is 29.9 Å². The lowest BCUT2D eigenvalue weighted by molar-refractivity contribution is 0.146. The van der Waals surface area contributed by atoms with Crippen LogP contribution in [0.2, 0.25) is 0 Å². The van der Waals surface area contributed by atoms with Crippen LogP contribution in [0.25, 0.3) is 54.8 Å². The maximum absolute atomic E-state index is 15.9. The van der Waals surface area contributed by atoms with Gasteiger partial charge < -0.3 is 14.8 Å². The molecule has 0 bridgehead atoms. The number of hydrogen-bond acceptors (Lipinski definition) is 7. The van der Waals surface area contributed by atoms with Crippen molar-refractivity contribution < 1.29 is 18.3 Å². The first-order valence-electron chi connectivity index (χ1n) is 13.7. The predicted octanol–water partition coefficient (Wildman–Crippen LogP) is 6.35. The summed E-state index contributed by atoms with van der Waals surface area (Å²) in [6.45, 7) is 3.98. The van der Waals surface area contributed by atoms with Gasteiger partial charge in [0.15, 0.2) is 0 Å². The largest absolute Gasteiger partial charge is 0.490 e. The van der Waals surface area contributed by atoms with E-state index in [0.717, 1.165) is 50.6 Å². The minimum Gasteiger partial charge on any atom is -0.490 e. The number of nitrogens with zero attached hydrogens (tertiary/aromatic N) is 5. The number of halogens is 2. The van der Waals surface area contributed by atoms with Gasteiger partial charge in [-0.2, -0.15) is 10.2 Å². The lowest BCUT2D eigenvalue weighted by atomic mass is 9.95. The standard InChI is InChI=1S/C31H28F2N6O2S/c1-17-25-15-23(37-39(25)8-7-34-17)30-27(28-22(33)13-20(32)14-26(28)41-10-9-40-3)21-6-11-42-31(21)29(36-30)18-4-5-24-19(12-18)16-35-38(24)2/h4-6,11-17,34H,7-10H2,1-3H3/t17-/m1/s1. The van der Waals surface area contributed by atoms with Crippen LogP contribution in [0.4, 0.5) is 8.78 Å². The minimum atomic E-state index is -0.735. The Morgan fingerprint density at radius 1 is 1.07 bits per heavy atom. The Morgan fingerprint density at radius 2 is 1.95 bits per heavy atom. The first-order chi connectivity index (χ1) is 20.4. The first-order valence-corrected chi connectivity index (χ1v) is 14.6. The molecule has 1 N–H and O–H groups in total. The zero-order valence-corrected chi connectivity index (χ0v) is 24.1. The quantitative estimate of drug-likeness (QED) is 0.220. The summed E-state index contributed by atoms with van der Waals surface area (Å²) >= 11 is 1.52. The van der Waals surface area contributed by atoms with Gasteiger partial charge in [0.25, 0.3) is 0 Å². The summed E-state index contributed by atoms with van der Waals surface area (Å²) in [5.41, 5.74) is 5.45. The number of ether oxygens (including phenoxy) is 2. The fourth-order valence-corrected chi connectivity index (χ4v) is 6.60. The second-order valence-electron chi connectivity index (χ2n) is 10.3. The number of aryl methyl sites for hydroxylation is 1. The average molecular weight is 587 g/mol. The van der Waals surface area contributed by atoms with E-state index in [0.29, 0.717) is 23.5 Å². The third kappa shape index (κ3) is 4.44. The molecule has 6 aromatic rings. The molecule has 42 heavy (non-hydrogen) atoms. The van der Waals surface area contributed by atoms with Crippen molar-refractivity contribution in [2.24, 2.45) is 7.05 Å². The van der Waals surface area contributed by atoms with Gasteiger partial charge in [0, 0.05) is 60.8 Å². The molecule has 4 aromatic heterocycles. The summed E-state index contributed by atoms with van der Waals surface area (Å²) < 4.78 is 46.1. The Labute approximate surface area is 244 Å². The summed E-state index contributed by atoms with van der Waals surface area (Å²) in [4.78, 5) is 5.22. The van der Waals surface area contributed by atoms with Gasteiger partial charge in [0.2, 0.25) is 0 Å². The highest BCUT2D eigenvalue weighted by Gasteiger charge is 2.28. The van der Waals surface area contributed by atoms with Crippen LogP contribution in [0.1, 0.15) is 18.7 Å². The summed E-state index contributed by atoms with van der Waals surface area (Å²) in [5.74, 6) is -1.37. The lowest BCUT2D eigenvalue weighted by Gasteiger charge is -2.21. The molecule has 8 nitrogen and oxygen atoms in total. The molecule has 0 saturated heterocycles. The number of benzene rings is 2. The van der Waals surface area contributed by atoms with Gasteiger partial charge in [-0.25, -0.2) is 13.8 Å². The van der Waals surface area contributed by atoms with Crippen molar-refractivity contribution in [3.63, 3.8) is 0 Å². The van der Waals surface area contributed by atoms with Gasteiger partial charge in [-0.05, 0) is 36.6 Å². The number of aromatic nitrogens is 5. The van der Waals surface area contributed by atoms with Gasteiger partial charge in [-0.15, -0.1) is 11.3 Å². The van der Waals surface area contributed by atoms with Crippen LogP contribution >= 0.6 is 11.3 Å². The fourth-order valence-electron chi connectivity index (χ4n) is 5.69. The minimum absolute atomic E-state index is 0.0867. The van der Waals surface area contributed by atoms with Gasteiger partial charge in [0.1, 0.15) is 35.4 Å². The average Bonchev–Trinajstić information content (AvgIpc) is 3.72. The molecule has 1 aliphatic heterocycles. The monoisotopic (exact) mass is 586 g/mol. The van der Waals surface area contributed by atoms with Crippen molar-refractivity contribution in [3.8, 4) is 39.5 Å². The van der Waals surface area contributed by atoms with E-state index in [1.807, 2.05) is 52.3 Å². The summed E-state index contributed by atoms with van der Waals surface area (Å²) in [6.07, 6.45) is 1.83. The first kappa shape index (κ1) is 26.7. The molecule has 0 radical (unpaired) electrons. The normalized spacial score (nSPS) is 15.0. The van der Waals surface area contributed by atoms with E-state index in [4.69, 9.17) is 19.6 Å². The van der Waals surface area contributed by atoms with E-state index in [2.05, 4.69) is 23.4 Å². The molecular weight excluding hydrogens is 558 g/mol. The number of pyridine rings is 1. The number of nitrogens with one attached hydrogen (secondary N) is 1. The Bertz CT molecular complexity index is 1960. The van der Waals surface area contributed by atoms with E-state index in [1.54, 1.807) is 7.11 Å². The Balaban J connectivity index is 1.53. The molecule has 0 spiro atoms. The molecule has 5 heterocycles. The van der Waals surface area contributed by atoms with Gasteiger partial charge in [-0.3, -0.25) is 9.36 Å². The molecule has 214 valence electrons. The molecule has 7 rings (SSSR count). The highest BCUT2D eigenvalue weighted by atomic mass is 32.1. The zero-order valence-electron chi connectivity index (χ0n) is 23.3. The summed E-state index contributed by atoms with van der Waals surface area (Å²) in [7, 11) is 3.45. The van der Waals surface area contributed by atoms with E-state index < -0.39 is 11.6 Å². The van der Waals surface area contributed by atoms with E-state index in [9.17, 15) is 4.39 Å². The van der Waals surface area contributed by atoms with Crippen molar-refractivity contribution in [1.29, 1.82) is 0 Å². The molecule has 0 fully saturated rings. The Morgan fingerprint density at radius 3 is 2.79 bits per heavy atom. The zero-order chi connectivity index (χ0) is 29.0. The number of thiophene rings is 1. The van der Waals surface area contributed by atoms with Gasteiger partial charge >= 0.3 is 0 Å². The van der Waals surface area contributed by atoms with Crippen molar-refractivity contribution >= 4 is 32.3 Å². The maximum Gasteiger partial charge on any atom is 0.137 e. The lowest BCUT2D eigenvalue weighted by Crippen LogP contribution is -2.31. The van der Waals surface area contributed by atoms with E-state index in [-0.39, 0.29) is 30.6 Å². The van der Waals surface area contributed by atoms with Crippen LogP contribution in [0.5, 0.6) is 5.75 Å². The molecule has 0 saturated carbocycles. The van der Waals surface area contributed by atoms with E-state index >= 15 is 4.39 Å². The smallest absolute Gasteiger partial charge is 0.137 e. The number of hydrogen-bond donors (Lipinski definition) is 1. The molecule has 1 atom stereocenters. The number of rotatable bonds is 7. The molecule has 11 heteroatoms. The van der Waals surface area contributed by atoms with Crippen LogP contribution < -0.4 is 10.1 Å². The molecular formula is C31H28F2N6O2S. The van der Waals surface area contributed by atoms with Crippen molar-refractivity contribution in [3.05, 3.63) is 71.4 Å². The van der Waals surface area contributed by atoms with Crippen LogP contribution in [-0.2, 0) is 18.3 Å². The Kier molecular flexibility index (Phi) is 6.72. The van der Waals surface area contributed by atoms with Gasteiger partial charge in [-0.1, -0.05) is 6.07 Å². The highest BCUT2D eigenvalue weighted by molar-refractivity contribution is 7.17. The second-order valence-corrected chi connectivity index (χ2v) is 11.3. The van der Waals surface area contributed by atoms with Crippen LogP contribution in [0.15, 0.2) is 54.0 Å². The molecule has 0 unspecified atom stereocenters. The summed E-state index contributed by atoms with van der Waals surface area (Å²) in [5, 5.41) is 16.5. The molecule has 2 aromatic carbocycles. The topological polar surface area (TPSA) is 79.0 Å². The SMILES string of the molecule is COCCOc1cc(F)cc(F)c1-c1c(-c2cc3n(n2)CCN[C@@H]3C)nc(-c2ccc3c(cnn3C)c2)c2sccc12.